The highest BCUT2D eigenvalue weighted by Crippen LogP contribution is 2.24. The maximum Gasteiger partial charge on any atom is 0.414 e. The molecule has 1 aromatic heterocycles. The van der Waals surface area contributed by atoms with Crippen LogP contribution in [0.1, 0.15) is 5.56 Å². The average molecular weight is 275 g/mol. The Bertz CT molecular complexity index is 611. The van der Waals surface area contributed by atoms with Gasteiger partial charge in [0, 0.05) is 30.3 Å². The highest BCUT2D eigenvalue weighted by molar-refractivity contribution is 6.27. The van der Waals surface area contributed by atoms with Crippen molar-refractivity contribution in [2.75, 3.05) is 11.9 Å². The smallest absolute Gasteiger partial charge is 0.414 e. The fraction of sp³-hybridized carbons (Fsp3) is 0.154. The Labute approximate surface area is 114 Å². The van der Waals surface area contributed by atoms with Crippen LogP contribution in [0.5, 0.6) is 0 Å². The van der Waals surface area contributed by atoms with Crippen LogP contribution in [0.25, 0.3) is 5.69 Å². The second-order valence-corrected chi connectivity index (χ2v) is 4.10. The lowest BCUT2D eigenvalue weighted by atomic mass is 10.1. The fourth-order valence-electron chi connectivity index (χ4n) is 1.86. The summed E-state index contributed by atoms with van der Waals surface area (Å²) >= 11 is 0. The van der Waals surface area contributed by atoms with Crippen molar-refractivity contribution < 1.29 is 19.8 Å². The molecule has 0 atom stereocenters. The summed E-state index contributed by atoms with van der Waals surface area (Å²) in [6.45, 7) is 1.06. The summed E-state index contributed by atoms with van der Waals surface area (Å²) in [6, 6.07) is 6.47. The topological polar surface area (TPSA) is 104 Å². The zero-order valence-corrected chi connectivity index (χ0v) is 10.5. The first-order valence-electron chi connectivity index (χ1n) is 5.89. The number of hydrogen-bond donors (Lipinski definition) is 3. The van der Waals surface area contributed by atoms with Gasteiger partial charge in [-0.2, -0.15) is 0 Å². The quantitative estimate of drug-likeness (QED) is 0.670. The predicted octanol–water partition coefficient (Wildman–Crippen LogP) is 0.996. The van der Waals surface area contributed by atoms with E-state index in [0.29, 0.717) is 0 Å². The lowest BCUT2D eigenvalue weighted by Crippen LogP contribution is -2.09. The van der Waals surface area contributed by atoms with Gasteiger partial charge in [-0.05, 0) is 30.2 Å². The molecule has 1 aliphatic heterocycles. The third-order valence-electron chi connectivity index (χ3n) is 2.78. The first kappa shape index (κ1) is 13.6. The number of nitrogens with zero attached hydrogens (tertiary/aromatic N) is 2. The molecule has 20 heavy (non-hydrogen) atoms. The van der Waals surface area contributed by atoms with E-state index < -0.39 is 11.9 Å². The third kappa shape index (κ3) is 3.14. The van der Waals surface area contributed by atoms with Gasteiger partial charge in [-0.15, -0.1) is 0 Å². The van der Waals surface area contributed by atoms with Crippen molar-refractivity contribution in [3.05, 3.63) is 42.5 Å². The molecule has 3 rings (SSSR count). The van der Waals surface area contributed by atoms with Crippen LogP contribution in [0.4, 0.5) is 5.69 Å². The molecule has 1 aliphatic rings. The number of fused-ring (bicyclic) bond motifs is 1. The Kier molecular flexibility index (Phi) is 3.99. The van der Waals surface area contributed by atoms with Gasteiger partial charge in [0.15, 0.2) is 0 Å². The molecule has 3 N–H and O–H groups in total. The minimum Gasteiger partial charge on any atom is -0.473 e. The molecule has 0 saturated heterocycles. The van der Waals surface area contributed by atoms with Crippen LogP contribution in [0.2, 0.25) is 0 Å². The van der Waals surface area contributed by atoms with Gasteiger partial charge in [0.25, 0.3) is 0 Å². The molecule has 2 heterocycles. The van der Waals surface area contributed by atoms with E-state index >= 15 is 0 Å². The zero-order chi connectivity index (χ0) is 14.5. The number of nitrogens with one attached hydrogen (secondary N) is 1. The number of anilines is 1. The van der Waals surface area contributed by atoms with Gasteiger partial charge in [0.1, 0.15) is 0 Å². The number of carbonyl (C=O) groups is 2. The summed E-state index contributed by atoms with van der Waals surface area (Å²) in [5.74, 6) is -3.65. The minimum absolute atomic E-state index is 1.06. The highest BCUT2D eigenvalue weighted by Gasteiger charge is 2.10. The maximum absolute atomic E-state index is 9.10. The molecular formula is C13H13N3O4. The van der Waals surface area contributed by atoms with E-state index in [9.17, 15) is 0 Å². The number of hydrogen-bond acceptors (Lipinski definition) is 4. The van der Waals surface area contributed by atoms with E-state index in [1.165, 1.54) is 16.9 Å². The van der Waals surface area contributed by atoms with E-state index in [1.54, 1.807) is 6.20 Å². The molecule has 104 valence electrons. The Morgan fingerprint density at radius 1 is 1.25 bits per heavy atom. The SMILES string of the molecule is O=C(O)C(=O)O.c1cn(-c2ccc3c(c2)CCN3)cn1. The summed E-state index contributed by atoms with van der Waals surface area (Å²) < 4.78 is 2.03. The molecular weight excluding hydrogens is 262 g/mol. The molecule has 0 radical (unpaired) electrons. The van der Waals surface area contributed by atoms with Gasteiger partial charge >= 0.3 is 11.9 Å². The summed E-state index contributed by atoms with van der Waals surface area (Å²) in [4.78, 5) is 22.2. The molecule has 0 aliphatic carbocycles. The molecule has 0 fully saturated rings. The summed E-state index contributed by atoms with van der Waals surface area (Å²) in [5, 5.41) is 18.1. The molecule has 0 unspecified atom stereocenters. The Balaban J connectivity index is 0.000000212. The number of aliphatic carboxylic acids is 2. The zero-order valence-electron chi connectivity index (χ0n) is 10.5. The first-order valence-corrected chi connectivity index (χ1v) is 5.89. The highest BCUT2D eigenvalue weighted by atomic mass is 16.4. The number of benzene rings is 1. The van der Waals surface area contributed by atoms with Gasteiger partial charge in [0.2, 0.25) is 0 Å². The Morgan fingerprint density at radius 3 is 2.60 bits per heavy atom. The number of imidazole rings is 1. The van der Waals surface area contributed by atoms with Crippen LogP contribution < -0.4 is 5.32 Å². The van der Waals surface area contributed by atoms with E-state index in [0.717, 1.165) is 13.0 Å². The van der Waals surface area contributed by atoms with Crippen molar-refractivity contribution in [1.29, 1.82) is 0 Å². The Morgan fingerprint density at radius 2 is 2.00 bits per heavy atom. The molecule has 0 amide bonds. The maximum atomic E-state index is 9.10. The van der Waals surface area contributed by atoms with Gasteiger partial charge < -0.3 is 20.1 Å². The molecule has 7 heteroatoms. The van der Waals surface area contributed by atoms with Crippen LogP contribution in [-0.2, 0) is 16.0 Å². The van der Waals surface area contributed by atoms with E-state index in [-0.39, 0.29) is 0 Å². The lowest BCUT2D eigenvalue weighted by molar-refractivity contribution is -0.159. The van der Waals surface area contributed by atoms with Gasteiger partial charge in [0.05, 0.1) is 6.33 Å². The number of aromatic nitrogens is 2. The van der Waals surface area contributed by atoms with Gasteiger partial charge in [-0.25, -0.2) is 14.6 Å². The van der Waals surface area contributed by atoms with Crippen LogP contribution in [0.15, 0.2) is 36.9 Å². The largest absolute Gasteiger partial charge is 0.473 e. The summed E-state index contributed by atoms with van der Waals surface area (Å²) in [7, 11) is 0. The average Bonchev–Trinajstić information content (AvgIpc) is 3.09. The monoisotopic (exact) mass is 275 g/mol. The normalized spacial score (nSPS) is 11.8. The van der Waals surface area contributed by atoms with Crippen LogP contribution in [0.3, 0.4) is 0 Å². The molecule has 2 aromatic rings. The molecule has 0 saturated carbocycles. The van der Waals surface area contributed by atoms with Crippen molar-refractivity contribution in [1.82, 2.24) is 9.55 Å². The van der Waals surface area contributed by atoms with Crippen LogP contribution in [0, 0.1) is 0 Å². The fourth-order valence-corrected chi connectivity index (χ4v) is 1.86. The van der Waals surface area contributed by atoms with Crippen molar-refractivity contribution in [3.8, 4) is 5.69 Å². The third-order valence-corrected chi connectivity index (χ3v) is 2.78. The second kappa shape index (κ2) is 5.87. The standard InChI is InChI=1S/C11H11N3.C2H2O4/c1-2-11-9(3-4-13-11)7-10(1)14-6-5-12-8-14;3-1(4)2(5)6/h1-2,5-8,13H,3-4H2;(H,3,4)(H,5,6). The molecule has 0 bridgehead atoms. The van der Waals surface area contributed by atoms with Crippen LogP contribution >= 0.6 is 0 Å². The number of carboxylic acids is 2. The second-order valence-electron chi connectivity index (χ2n) is 4.10. The number of rotatable bonds is 1. The summed E-state index contributed by atoms with van der Waals surface area (Å²) in [5.41, 5.74) is 3.86. The van der Waals surface area contributed by atoms with Gasteiger partial charge in [-0.3, -0.25) is 0 Å². The van der Waals surface area contributed by atoms with Crippen molar-refractivity contribution >= 4 is 17.6 Å². The van der Waals surface area contributed by atoms with Crippen molar-refractivity contribution in [2.24, 2.45) is 0 Å². The molecule has 1 aromatic carbocycles. The van der Waals surface area contributed by atoms with Crippen molar-refractivity contribution in [3.63, 3.8) is 0 Å². The first-order chi connectivity index (χ1) is 9.58. The van der Waals surface area contributed by atoms with E-state index in [4.69, 9.17) is 19.8 Å². The lowest BCUT2D eigenvalue weighted by Gasteiger charge is -2.04. The predicted molar refractivity (Wildman–Crippen MR) is 71.0 cm³/mol. The van der Waals surface area contributed by atoms with E-state index in [2.05, 4.69) is 28.5 Å². The van der Waals surface area contributed by atoms with Gasteiger partial charge in [-0.1, -0.05) is 0 Å². The Hall–Kier alpha value is -2.83. The van der Waals surface area contributed by atoms with Crippen molar-refractivity contribution in [2.45, 2.75) is 6.42 Å². The molecule has 7 nitrogen and oxygen atoms in total. The van der Waals surface area contributed by atoms with Crippen LogP contribution in [-0.4, -0.2) is 38.2 Å². The van der Waals surface area contributed by atoms with E-state index in [1.807, 2.05) is 17.1 Å². The number of carboxylic acid groups (broad SMARTS) is 2. The summed E-state index contributed by atoms with van der Waals surface area (Å²) in [6.07, 6.45) is 6.71. The molecule has 0 spiro atoms. The minimum atomic E-state index is -1.82.